The standard InChI is InChI=1S/C9H17NO3/c1-6(7(2)11)10(8(12)13)9(3,4)5/h6H,1-5H3,(H,12,13). The van der Waals surface area contributed by atoms with E-state index >= 15 is 0 Å². The van der Waals surface area contributed by atoms with Crippen molar-refractivity contribution in [3.05, 3.63) is 0 Å². The summed E-state index contributed by atoms with van der Waals surface area (Å²) in [5.41, 5.74) is -0.545. The van der Waals surface area contributed by atoms with Crippen LogP contribution in [0.1, 0.15) is 34.6 Å². The van der Waals surface area contributed by atoms with E-state index in [9.17, 15) is 9.59 Å². The van der Waals surface area contributed by atoms with Gasteiger partial charge in [-0.05, 0) is 34.6 Å². The van der Waals surface area contributed by atoms with Crippen LogP contribution in [0.2, 0.25) is 0 Å². The van der Waals surface area contributed by atoms with Crippen molar-refractivity contribution in [1.29, 1.82) is 0 Å². The summed E-state index contributed by atoms with van der Waals surface area (Å²) in [6.45, 7) is 8.29. The van der Waals surface area contributed by atoms with Crippen molar-refractivity contribution in [2.75, 3.05) is 0 Å². The Labute approximate surface area is 78.5 Å². The summed E-state index contributed by atoms with van der Waals surface area (Å²) in [6, 6.07) is -0.586. The number of hydrogen-bond acceptors (Lipinski definition) is 2. The molecule has 13 heavy (non-hydrogen) atoms. The van der Waals surface area contributed by atoms with Gasteiger partial charge in [0.05, 0.1) is 6.04 Å². The third kappa shape index (κ3) is 3.05. The molecule has 0 heterocycles. The minimum Gasteiger partial charge on any atom is -0.465 e. The van der Waals surface area contributed by atoms with Crippen LogP contribution >= 0.6 is 0 Å². The fraction of sp³-hybridized carbons (Fsp3) is 0.778. The molecule has 0 bridgehead atoms. The van der Waals surface area contributed by atoms with E-state index < -0.39 is 17.7 Å². The molecule has 0 aromatic carbocycles. The molecule has 0 fully saturated rings. The number of Topliss-reactive ketones (excluding diaryl/α,β-unsaturated/α-hetero) is 1. The Morgan fingerprint density at radius 3 is 1.77 bits per heavy atom. The molecular formula is C9H17NO3. The second-order valence-corrected chi connectivity index (χ2v) is 4.11. The van der Waals surface area contributed by atoms with Gasteiger partial charge in [-0.1, -0.05) is 0 Å². The monoisotopic (exact) mass is 187 g/mol. The number of carbonyl (C=O) groups excluding carboxylic acids is 1. The Balaban J connectivity index is 4.83. The van der Waals surface area contributed by atoms with Gasteiger partial charge in [-0.2, -0.15) is 0 Å². The average Bonchev–Trinajstić information content (AvgIpc) is 1.82. The lowest BCUT2D eigenvalue weighted by atomic mass is 10.0. The molecule has 1 N–H and O–H groups in total. The zero-order chi connectivity index (χ0) is 10.8. The van der Waals surface area contributed by atoms with Gasteiger partial charge in [-0.15, -0.1) is 0 Å². The Bertz CT molecular complexity index is 217. The smallest absolute Gasteiger partial charge is 0.408 e. The van der Waals surface area contributed by atoms with Crippen LogP contribution in [0.5, 0.6) is 0 Å². The lowest BCUT2D eigenvalue weighted by molar-refractivity contribution is -0.122. The van der Waals surface area contributed by atoms with Crippen LogP contribution in [0.15, 0.2) is 0 Å². The molecule has 0 aromatic rings. The summed E-state index contributed by atoms with van der Waals surface area (Å²) in [5, 5.41) is 8.90. The van der Waals surface area contributed by atoms with Gasteiger partial charge in [-0.25, -0.2) is 4.79 Å². The zero-order valence-corrected chi connectivity index (χ0v) is 8.79. The first-order chi connectivity index (χ1) is 5.68. The van der Waals surface area contributed by atoms with Crippen LogP contribution in [0.4, 0.5) is 4.79 Å². The summed E-state index contributed by atoms with van der Waals surface area (Å²) in [5.74, 6) is -0.141. The van der Waals surface area contributed by atoms with E-state index in [0.29, 0.717) is 0 Å². The summed E-state index contributed by atoms with van der Waals surface area (Å²) in [6.07, 6.45) is -1.06. The highest BCUT2D eigenvalue weighted by Crippen LogP contribution is 2.17. The molecule has 4 heteroatoms. The van der Waals surface area contributed by atoms with E-state index in [-0.39, 0.29) is 5.78 Å². The molecule has 0 aromatic heterocycles. The molecule has 0 radical (unpaired) electrons. The van der Waals surface area contributed by atoms with Crippen molar-refractivity contribution < 1.29 is 14.7 Å². The third-order valence-electron chi connectivity index (χ3n) is 1.90. The first-order valence-corrected chi connectivity index (χ1v) is 4.20. The minimum absolute atomic E-state index is 0.141. The summed E-state index contributed by atoms with van der Waals surface area (Å²) >= 11 is 0. The average molecular weight is 187 g/mol. The van der Waals surface area contributed by atoms with Crippen LogP contribution in [-0.2, 0) is 4.79 Å². The largest absolute Gasteiger partial charge is 0.465 e. The fourth-order valence-electron chi connectivity index (χ4n) is 1.22. The molecule has 0 rings (SSSR count). The molecule has 76 valence electrons. The van der Waals surface area contributed by atoms with Gasteiger partial charge in [0, 0.05) is 5.54 Å². The van der Waals surface area contributed by atoms with Crippen molar-refractivity contribution >= 4 is 11.9 Å². The Hall–Kier alpha value is -1.06. The van der Waals surface area contributed by atoms with Gasteiger partial charge in [-0.3, -0.25) is 9.69 Å². The van der Waals surface area contributed by atoms with Gasteiger partial charge >= 0.3 is 6.09 Å². The van der Waals surface area contributed by atoms with Crippen molar-refractivity contribution in [2.24, 2.45) is 0 Å². The summed E-state index contributed by atoms with van der Waals surface area (Å²) in [7, 11) is 0. The third-order valence-corrected chi connectivity index (χ3v) is 1.90. The predicted octanol–water partition coefficient (Wildman–Crippen LogP) is 1.74. The van der Waals surface area contributed by atoms with E-state index in [0.717, 1.165) is 4.90 Å². The Morgan fingerprint density at radius 1 is 1.31 bits per heavy atom. The van der Waals surface area contributed by atoms with E-state index in [4.69, 9.17) is 5.11 Å². The number of carbonyl (C=O) groups is 2. The number of nitrogens with zero attached hydrogens (tertiary/aromatic N) is 1. The molecule has 0 aliphatic rings. The van der Waals surface area contributed by atoms with E-state index in [1.54, 1.807) is 27.7 Å². The van der Waals surface area contributed by atoms with Gasteiger partial charge in [0.25, 0.3) is 0 Å². The van der Waals surface area contributed by atoms with Crippen LogP contribution in [0.3, 0.4) is 0 Å². The quantitative estimate of drug-likeness (QED) is 0.716. The molecule has 0 aliphatic heterocycles. The number of rotatable bonds is 2. The highest BCUT2D eigenvalue weighted by Gasteiger charge is 2.32. The summed E-state index contributed by atoms with van der Waals surface area (Å²) in [4.78, 5) is 23.1. The first-order valence-electron chi connectivity index (χ1n) is 4.20. The van der Waals surface area contributed by atoms with Crippen molar-refractivity contribution in [1.82, 2.24) is 4.90 Å². The van der Waals surface area contributed by atoms with Crippen molar-refractivity contribution in [3.8, 4) is 0 Å². The Kier molecular flexibility index (Phi) is 3.46. The van der Waals surface area contributed by atoms with Crippen LogP contribution in [0.25, 0.3) is 0 Å². The van der Waals surface area contributed by atoms with Crippen molar-refractivity contribution in [2.45, 2.75) is 46.2 Å². The Morgan fingerprint density at radius 2 is 1.69 bits per heavy atom. The molecule has 1 atom stereocenters. The lowest BCUT2D eigenvalue weighted by Crippen LogP contribution is -2.52. The van der Waals surface area contributed by atoms with E-state index in [1.807, 2.05) is 0 Å². The normalized spacial score (nSPS) is 13.6. The lowest BCUT2D eigenvalue weighted by Gasteiger charge is -2.36. The van der Waals surface area contributed by atoms with Crippen molar-refractivity contribution in [3.63, 3.8) is 0 Å². The maximum absolute atomic E-state index is 11.0. The second-order valence-electron chi connectivity index (χ2n) is 4.11. The fourth-order valence-corrected chi connectivity index (χ4v) is 1.22. The van der Waals surface area contributed by atoms with Crippen LogP contribution < -0.4 is 0 Å². The second kappa shape index (κ2) is 3.77. The highest BCUT2D eigenvalue weighted by atomic mass is 16.4. The molecular weight excluding hydrogens is 170 g/mol. The minimum atomic E-state index is -1.06. The molecule has 1 unspecified atom stereocenters. The highest BCUT2D eigenvalue weighted by molar-refractivity contribution is 5.84. The van der Waals surface area contributed by atoms with Gasteiger partial charge in [0.1, 0.15) is 0 Å². The molecule has 4 nitrogen and oxygen atoms in total. The van der Waals surface area contributed by atoms with Gasteiger partial charge in [0.2, 0.25) is 0 Å². The van der Waals surface area contributed by atoms with E-state index in [2.05, 4.69) is 0 Å². The predicted molar refractivity (Wildman–Crippen MR) is 49.8 cm³/mol. The molecule has 0 saturated carbocycles. The molecule has 0 spiro atoms. The number of ketones is 1. The van der Waals surface area contributed by atoms with Gasteiger partial charge < -0.3 is 5.11 Å². The molecule has 0 aliphatic carbocycles. The maximum atomic E-state index is 11.0. The van der Waals surface area contributed by atoms with Crippen LogP contribution in [0, 0.1) is 0 Å². The number of carboxylic acid groups (broad SMARTS) is 1. The maximum Gasteiger partial charge on any atom is 0.408 e. The van der Waals surface area contributed by atoms with Crippen LogP contribution in [-0.4, -0.2) is 33.5 Å². The molecule has 1 amide bonds. The topological polar surface area (TPSA) is 57.6 Å². The molecule has 0 saturated heterocycles. The SMILES string of the molecule is CC(=O)C(C)N(C(=O)O)C(C)(C)C. The number of amides is 1. The number of hydrogen-bond donors (Lipinski definition) is 1. The zero-order valence-electron chi connectivity index (χ0n) is 8.79. The van der Waals surface area contributed by atoms with E-state index in [1.165, 1.54) is 6.92 Å². The first kappa shape index (κ1) is 11.9. The summed E-state index contributed by atoms with van der Waals surface area (Å²) < 4.78 is 0. The van der Waals surface area contributed by atoms with Gasteiger partial charge in [0.15, 0.2) is 5.78 Å².